The molecule has 0 saturated heterocycles. The average Bonchev–Trinajstić information content (AvgIpc) is 1.72. The summed E-state index contributed by atoms with van der Waals surface area (Å²) in [6.45, 7) is 0.566. The van der Waals surface area contributed by atoms with E-state index >= 15 is 0 Å². The fraction of sp³-hybridized carbons (Fsp3) is 0.250. The van der Waals surface area contributed by atoms with E-state index in [0.29, 0.717) is 6.61 Å². The van der Waals surface area contributed by atoms with Crippen LogP contribution in [0.5, 0.6) is 0 Å². The normalized spacial score (nSPS) is 17.3. The molecule has 0 atom stereocenters. The smallest absolute Gasteiger partial charge is 0.136 e. The largest absolute Gasteiger partial charge is 0.392 e. The monoisotopic (exact) mass is 82.0 g/mol. The predicted octanol–water partition coefficient (Wildman–Crippen LogP) is 0.362. The summed E-state index contributed by atoms with van der Waals surface area (Å²) >= 11 is 0. The third-order valence-electron chi connectivity index (χ3n) is 0.477. The zero-order valence-corrected chi connectivity index (χ0v) is 3.22. The molecule has 1 heterocycles. The van der Waals surface area contributed by atoms with Crippen molar-refractivity contribution in [1.29, 1.82) is 0 Å². The Hall–Kier alpha value is -0.790. The second-order valence-electron chi connectivity index (χ2n) is 0.901. The fourth-order valence-electron chi connectivity index (χ4n) is 0.249. The SMILES string of the molecule is [C]1=CCON=C1. The Kier molecular flexibility index (Phi) is 0.906. The average molecular weight is 82.1 g/mol. The summed E-state index contributed by atoms with van der Waals surface area (Å²) in [5.74, 6) is 0. The van der Waals surface area contributed by atoms with Gasteiger partial charge in [0.05, 0.1) is 6.21 Å². The van der Waals surface area contributed by atoms with Gasteiger partial charge < -0.3 is 4.84 Å². The zero-order valence-electron chi connectivity index (χ0n) is 3.22. The predicted molar refractivity (Wildman–Crippen MR) is 22.3 cm³/mol. The highest BCUT2D eigenvalue weighted by molar-refractivity contribution is 5.65. The third-order valence-corrected chi connectivity index (χ3v) is 0.477. The van der Waals surface area contributed by atoms with E-state index in [0.717, 1.165) is 0 Å². The molecule has 0 bridgehead atoms. The minimum atomic E-state index is 0.566. The van der Waals surface area contributed by atoms with Crippen LogP contribution in [0.2, 0.25) is 0 Å². The molecule has 0 N–H and O–H groups in total. The van der Waals surface area contributed by atoms with Crippen molar-refractivity contribution in [3.8, 4) is 0 Å². The zero-order chi connectivity index (χ0) is 4.24. The molecule has 0 amide bonds. The maximum absolute atomic E-state index is 4.52. The van der Waals surface area contributed by atoms with Gasteiger partial charge in [-0.05, 0) is 6.08 Å². The molecule has 0 aliphatic carbocycles. The number of hydrogen-bond donors (Lipinski definition) is 0. The van der Waals surface area contributed by atoms with Crippen molar-refractivity contribution in [3.63, 3.8) is 0 Å². The van der Waals surface area contributed by atoms with E-state index in [-0.39, 0.29) is 0 Å². The van der Waals surface area contributed by atoms with Crippen LogP contribution < -0.4 is 0 Å². The van der Waals surface area contributed by atoms with Crippen LogP contribution in [0.15, 0.2) is 11.2 Å². The van der Waals surface area contributed by atoms with Gasteiger partial charge in [0.25, 0.3) is 0 Å². The Labute approximate surface area is 36.1 Å². The maximum Gasteiger partial charge on any atom is 0.136 e. The summed E-state index contributed by atoms with van der Waals surface area (Å²) in [5.41, 5.74) is 0. The summed E-state index contributed by atoms with van der Waals surface area (Å²) in [6.07, 6.45) is 6.00. The topological polar surface area (TPSA) is 21.6 Å². The van der Waals surface area contributed by atoms with Gasteiger partial charge in [-0.2, -0.15) is 0 Å². The Morgan fingerprint density at radius 1 is 1.83 bits per heavy atom. The van der Waals surface area contributed by atoms with Crippen LogP contribution in [0.1, 0.15) is 0 Å². The van der Waals surface area contributed by atoms with Gasteiger partial charge in [0.15, 0.2) is 0 Å². The van der Waals surface area contributed by atoms with Crippen LogP contribution in [0.4, 0.5) is 0 Å². The highest BCUT2D eigenvalue weighted by Gasteiger charge is 1.77. The van der Waals surface area contributed by atoms with Crippen molar-refractivity contribution >= 4 is 6.21 Å². The van der Waals surface area contributed by atoms with Crippen LogP contribution in [0.25, 0.3) is 0 Å². The minimum Gasteiger partial charge on any atom is -0.392 e. The molecule has 0 spiro atoms. The highest BCUT2D eigenvalue weighted by atomic mass is 16.6. The van der Waals surface area contributed by atoms with E-state index < -0.39 is 0 Å². The molecule has 0 saturated carbocycles. The van der Waals surface area contributed by atoms with Crippen molar-refractivity contribution in [3.05, 3.63) is 12.2 Å². The molecule has 0 aromatic carbocycles. The van der Waals surface area contributed by atoms with E-state index in [1.807, 2.05) is 0 Å². The van der Waals surface area contributed by atoms with Crippen molar-refractivity contribution in [1.82, 2.24) is 0 Å². The lowest BCUT2D eigenvalue weighted by Crippen LogP contribution is -1.86. The van der Waals surface area contributed by atoms with Gasteiger partial charge in [0.1, 0.15) is 6.61 Å². The van der Waals surface area contributed by atoms with Crippen molar-refractivity contribution < 1.29 is 4.84 Å². The minimum absolute atomic E-state index is 0.566. The number of rotatable bonds is 0. The first-order valence-corrected chi connectivity index (χ1v) is 1.72. The molecule has 2 nitrogen and oxygen atoms in total. The van der Waals surface area contributed by atoms with Crippen LogP contribution in [0.3, 0.4) is 0 Å². The van der Waals surface area contributed by atoms with Gasteiger partial charge in [-0.25, -0.2) is 0 Å². The van der Waals surface area contributed by atoms with Crippen molar-refractivity contribution in [2.75, 3.05) is 6.61 Å². The number of nitrogens with zero attached hydrogens (tertiary/aromatic N) is 1. The Morgan fingerprint density at radius 2 is 2.83 bits per heavy atom. The van der Waals surface area contributed by atoms with Crippen LogP contribution in [-0.4, -0.2) is 12.8 Å². The summed E-state index contributed by atoms with van der Waals surface area (Å²) in [4.78, 5) is 4.52. The Bertz CT molecular complexity index is 73.5. The maximum atomic E-state index is 4.52. The molecule has 0 fully saturated rings. The summed E-state index contributed by atoms with van der Waals surface area (Å²) in [6, 6.07) is 0. The van der Waals surface area contributed by atoms with E-state index in [1.165, 1.54) is 6.21 Å². The van der Waals surface area contributed by atoms with Crippen LogP contribution >= 0.6 is 0 Å². The van der Waals surface area contributed by atoms with Crippen LogP contribution in [-0.2, 0) is 4.84 Å². The third kappa shape index (κ3) is 0.578. The van der Waals surface area contributed by atoms with E-state index in [9.17, 15) is 0 Å². The van der Waals surface area contributed by atoms with Crippen LogP contribution in [0, 0.1) is 6.08 Å². The quantitative estimate of drug-likeness (QED) is 0.413. The molecule has 1 aliphatic rings. The number of hydrogen-bond acceptors (Lipinski definition) is 2. The lowest BCUT2D eigenvalue weighted by atomic mass is 10.5. The highest BCUT2D eigenvalue weighted by Crippen LogP contribution is 1.80. The standard InChI is InChI=1S/C4H4NO/c1-2-4-6-5-3-1/h2-3H,4H2. The molecule has 2 heteroatoms. The first-order valence-electron chi connectivity index (χ1n) is 1.72. The first-order chi connectivity index (χ1) is 3.00. The molecule has 1 radical (unpaired) electrons. The molecule has 1 aliphatic heterocycles. The first kappa shape index (κ1) is 3.40. The van der Waals surface area contributed by atoms with E-state index in [2.05, 4.69) is 16.1 Å². The second-order valence-corrected chi connectivity index (χ2v) is 0.901. The molecule has 0 aromatic rings. The van der Waals surface area contributed by atoms with E-state index in [4.69, 9.17) is 0 Å². The van der Waals surface area contributed by atoms with Gasteiger partial charge in [0.2, 0.25) is 0 Å². The lowest BCUT2D eigenvalue weighted by Gasteiger charge is -1.91. The Morgan fingerprint density at radius 3 is 3.00 bits per heavy atom. The van der Waals surface area contributed by atoms with Crippen molar-refractivity contribution in [2.45, 2.75) is 0 Å². The number of allylic oxidation sites excluding steroid dienone is 1. The van der Waals surface area contributed by atoms with Gasteiger partial charge in [-0.1, -0.05) is 5.16 Å². The second kappa shape index (κ2) is 1.60. The molecule has 1 rings (SSSR count). The van der Waals surface area contributed by atoms with Gasteiger partial charge in [-0.15, -0.1) is 0 Å². The summed E-state index contributed by atoms with van der Waals surface area (Å²) in [7, 11) is 0. The number of oxime groups is 1. The van der Waals surface area contributed by atoms with Gasteiger partial charge >= 0.3 is 0 Å². The summed E-state index contributed by atoms with van der Waals surface area (Å²) in [5, 5.41) is 3.41. The molecule has 0 unspecified atom stereocenters. The fourth-order valence-corrected chi connectivity index (χ4v) is 0.249. The molecule has 6 heavy (non-hydrogen) atoms. The molecular formula is C4H4NO. The van der Waals surface area contributed by atoms with Crippen molar-refractivity contribution in [2.24, 2.45) is 5.16 Å². The molecule has 31 valence electrons. The van der Waals surface area contributed by atoms with Gasteiger partial charge in [0, 0.05) is 6.08 Å². The van der Waals surface area contributed by atoms with E-state index in [1.54, 1.807) is 6.08 Å². The Balaban J connectivity index is 2.46. The van der Waals surface area contributed by atoms with Gasteiger partial charge in [-0.3, -0.25) is 0 Å². The molecular weight excluding hydrogens is 78.0 g/mol. The lowest BCUT2D eigenvalue weighted by molar-refractivity contribution is 0.173. The summed E-state index contributed by atoms with van der Waals surface area (Å²) < 4.78 is 0. The molecule has 0 aromatic heterocycles.